The molecule has 0 aromatic heterocycles. The van der Waals surface area contributed by atoms with Gasteiger partial charge in [0.25, 0.3) is 0 Å². The third-order valence-electron chi connectivity index (χ3n) is 4.57. The largest absolute Gasteiger partial charge is 0.497 e. The number of halogens is 1. The number of hydrogen-bond acceptors (Lipinski definition) is 4. The predicted molar refractivity (Wildman–Crippen MR) is 110 cm³/mol. The van der Waals surface area contributed by atoms with Gasteiger partial charge in [-0.2, -0.15) is 0 Å². The summed E-state index contributed by atoms with van der Waals surface area (Å²) in [4.78, 5) is 13.0. The Morgan fingerprint density at radius 1 is 1.11 bits per heavy atom. The van der Waals surface area contributed by atoms with E-state index < -0.39 is 20.5 Å². The SMILES string of the molecule is CCC(NC(=O)C(C)(C)S(=O)(=O)c1ccc(Br)cc1)c1ccc(OC)cc1. The molecule has 0 radical (unpaired) electrons. The van der Waals surface area contributed by atoms with Gasteiger partial charge in [-0.05, 0) is 62.2 Å². The van der Waals surface area contributed by atoms with Crippen molar-refractivity contribution in [2.75, 3.05) is 7.11 Å². The summed E-state index contributed by atoms with van der Waals surface area (Å²) in [6, 6.07) is 13.3. The highest BCUT2D eigenvalue weighted by Gasteiger charge is 2.43. The van der Waals surface area contributed by atoms with Crippen LogP contribution < -0.4 is 10.1 Å². The molecule has 0 aliphatic heterocycles. The van der Waals surface area contributed by atoms with E-state index in [9.17, 15) is 13.2 Å². The van der Waals surface area contributed by atoms with E-state index in [1.807, 2.05) is 31.2 Å². The number of hydrogen-bond donors (Lipinski definition) is 1. The standard InChI is InChI=1S/C20H24BrNO4S/c1-5-18(14-6-10-16(26-4)11-7-14)22-19(23)20(2,3)27(24,25)17-12-8-15(21)9-13-17/h6-13,18H,5H2,1-4H3,(H,22,23). The van der Waals surface area contributed by atoms with Gasteiger partial charge in [-0.3, -0.25) is 4.79 Å². The van der Waals surface area contributed by atoms with Crippen molar-refractivity contribution >= 4 is 31.7 Å². The molecule has 0 aliphatic carbocycles. The Labute approximate surface area is 169 Å². The summed E-state index contributed by atoms with van der Waals surface area (Å²) in [6.45, 7) is 4.80. The first-order valence-electron chi connectivity index (χ1n) is 8.58. The molecule has 0 saturated carbocycles. The molecular weight excluding hydrogens is 430 g/mol. The second-order valence-electron chi connectivity index (χ2n) is 6.68. The molecule has 7 heteroatoms. The van der Waals surface area contributed by atoms with Crippen LogP contribution in [0.2, 0.25) is 0 Å². The molecule has 1 unspecified atom stereocenters. The zero-order valence-electron chi connectivity index (χ0n) is 15.8. The molecule has 0 aliphatic rings. The van der Waals surface area contributed by atoms with Crippen molar-refractivity contribution in [2.24, 2.45) is 0 Å². The maximum Gasteiger partial charge on any atom is 0.241 e. The Kier molecular flexibility index (Phi) is 6.70. The molecule has 146 valence electrons. The van der Waals surface area contributed by atoms with Crippen LogP contribution in [-0.4, -0.2) is 26.2 Å². The van der Waals surface area contributed by atoms with Crippen molar-refractivity contribution in [3.8, 4) is 5.75 Å². The smallest absolute Gasteiger partial charge is 0.241 e. The Morgan fingerprint density at radius 2 is 1.67 bits per heavy atom. The molecule has 0 heterocycles. The predicted octanol–water partition coefficient (Wildman–Crippen LogP) is 4.28. The number of rotatable bonds is 7. The number of nitrogens with one attached hydrogen (secondary N) is 1. The van der Waals surface area contributed by atoms with Gasteiger partial charge in [0.05, 0.1) is 18.0 Å². The van der Waals surface area contributed by atoms with Crippen molar-refractivity contribution in [1.29, 1.82) is 0 Å². The Morgan fingerprint density at radius 3 is 2.15 bits per heavy atom. The molecule has 0 fully saturated rings. The summed E-state index contributed by atoms with van der Waals surface area (Å²) < 4.78 is 30.3. The van der Waals surface area contributed by atoms with Gasteiger partial charge >= 0.3 is 0 Å². The average molecular weight is 454 g/mol. The summed E-state index contributed by atoms with van der Waals surface area (Å²) in [7, 11) is -2.27. The topological polar surface area (TPSA) is 72.5 Å². The van der Waals surface area contributed by atoms with Crippen molar-refractivity contribution in [1.82, 2.24) is 5.32 Å². The Hall–Kier alpha value is -1.86. The summed E-state index contributed by atoms with van der Waals surface area (Å²) in [5, 5.41) is 2.88. The van der Waals surface area contributed by atoms with Crippen LogP contribution in [0, 0.1) is 0 Å². The molecule has 0 saturated heterocycles. The van der Waals surface area contributed by atoms with E-state index in [0.717, 1.165) is 15.8 Å². The van der Waals surface area contributed by atoms with Gasteiger partial charge in [0.1, 0.15) is 10.5 Å². The van der Waals surface area contributed by atoms with Gasteiger partial charge in [-0.15, -0.1) is 0 Å². The zero-order valence-corrected chi connectivity index (χ0v) is 18.2. The van der Waals surface area contributed by atoms with E-state index in [1.165, 1.54) is 26.0 Å². The second kappa shape index (κ2) is 8.44. The van der Waals surface area contributed by atoms with Gasteiger partial charge in [0, 0.05) is 4.47 Å². The molecule has 27 heavy (non-hydrogen) atoms. The van der Waals surface area contributed by atoms with Crippen molar-refractivity contribution in [3.63, 3.8) is 0 Å². The molecule has 1 amide bonds. The van der Waals surface area contributed by atoms with E-state index in [1.54, 1.807) is 19.2 Å². The van der Waals surface area contributed by atoms with Gasteiger partial charge in [0.2, 0.25) is 5.91 Å². The lowest BCUT2D eigenvalue weighted by molar-refractivity contribution is -0.123. The summed E-state index contributed by atoms with van der Waals surface area (Å²) in [6.07, 6.45) is 0.631. The highest BCUT2D eigenvalue weighted by Crippen LogP contribution is 2.28. The van der Waals surface area contributed by atoms with E-state index in [0.29, 0.717) is 6.42 Å². The maximum atomic E-state index is 13.0. The zero-order chi connectivity index (χ0) is 20.2. The normalized spacial score (nSPS) is 13.1. The first kappa shape index (κ1) is 21.4. The number of benzene rings is 2. The number of methoxy groups -OCH3 is 1. The lowest BCUT2D eigenvalue weighted by Gasteiger charge is -2.27. The molecule has 2 aromatic carbocycles. The van der Waals surface area contributed by atoms with Gasteiger partial charge in [0.15, 0.2) is 9.84 Å². The fourth-order valence-corrected chi connectivity index (χ4v) is 4.27. The maximum absolute atomic E-state index is 13.0. The summed E-state index contributed by atoms with van der Waals surface area (Å²) in [5.74, 6) is 0.186. The van der Waals surface area contributed by atoms with E-state index in [4.69, 9.17) is 4.74 Å². The van der Waals surface area contributed by atoms with Crippen molar-refractivity contribution in [3.05, 3.63) is 58.6 Å². The van der Waals surface area contributed by atoms with E-state index in [2.05, 4.69) is 21.2 Å². The summed E-state index contributed by atoms with van der Waals surface area (Å²) >= 11 is 3.29. The number of carbonyl (C=O) groups is 1. The van der Waals surface area contributed by atoms with E-state index >= 15 is 0 Å². The number of carbonyl (C=O) groups excluding carboxylic acids is 1. The van der Waals surface area contributed by atoms with Crippen LogP contribution in [0.15, 0.2) is 57.9 Å². The monoisotopic (exact) mass is 453 g/mol. The molecule has 2 rings (SSSR count). The fraction of sp³-hybridized carbons (Fsp3) is 0.350. The lowest BCUT2D eigenvalue weighted by Crippen LogP contribution is -2.48. The lowest BCUT2D eigenvalue weighted by atomic mass is 10.0. The Bertz CT molecular complexity index is 891. The molecule has 2 aromatic rings. The molecule has 1 atom stereocenters. The fourth-order valence-electron chi connectivity index (χ4n) is 2.62. The van der Waals surface area contributed by atoms with Gasteiger partial charge in [-0.1, -0.05) is 35.0 Å². The number of ether oxygens (including phenoxy) is 1. The number of sulfone groups is 1. The third kappa shape index (κ3) is 4.52. The van der Waals surface area contributed by atoms with Gasteiger partial charge in [-0.25, -0.2) is 8.42 Å². The Balaban J connectivity index is 2.26. The molecule has 5 nitrogen and oxygen atoms in total. The molecule has 1 N–H and O–H groups in total. The highest BCUT2D eigenvalue weighted by molar-refractivity contribution is 9.10. The van der Waals surface area contributed by atoms with Crippen LogP contribution >= 0.6 is 15.9 Å². The minimum absolute atomic E-state index is 0.114. The minimum Gasteiger partial charge on any atom is -0.497 e. The third-order valence-corrected chi connectivity index (χ3v) is 7.52. The first-order valence-corrected chi connectivity index (χ1v) is 10.9. The first-order chi connectivity index (χ1) is 12.6. The number of amides is 1. The molecule has 0 spiro atoms. The van der Waals surface area contributed by atoms with Gasteiger partial charge < -0.3 is 10.1 Å². The van der Waals surface area contributed by atoms with Crippen LogP contribution in [0.5, 0.6) is 5.75 Å². The molecular formula is C20H24BrNO4S. The van der Waals surface area contributed by atoms with Crippen LogP contribution in [0.25, 0.3) is 0 Å². The van der Waals surface area contributed by atoms with Crippen LogP contribution in [0.3, 0.4) is 0 Å². The van der Waals surface area contributed by atoms with Crippen LogP contribution in [0.1, 0.15) is 38.8 Å². The van der Waals surface area contributed by atoms with Crippen LogP contribution in [-0.2, 0) is 14.6 Å². The van der Waals surface area contributed by atoms with E-state index in [-0.39, 0.29) is 10.9 Å². The second-order valence-corrected chi connectivity index (χ2v) is 10.1. The summed E-state index contributed by atoms with van der Waals surface area (Å²) in [5.41, 5.74) is 0.892. The molecule has 0 bridgehead atoms. The minimum atomic E-state index is -3.85. The van der Waals surface area contributed by atoms with Crippen LogP contribution in [0.4, 0.5) is 0 Å². The van der Waals surface area contributed by atoms with Crippen molar-refractivity contribution in [2.45, 2.75) is 42.9 Å². The van der Waals surface area contributed by atoms with Crippen molar-refractivity contribution < 1.29 is 17.9 Å². The average Bonchev–Trinajstić information content (AvgIpc) is 2.66. The quantitative estimate of drug-likeness (QED) is 0.678. The highest BCUT2D eigenvalue weighted by atomic mass is 79.9.